The van der Waals surface area contributed by atoms with Crippen molar-refractivity contribution < 1.29 is 23.9 Å². The topological polar surface area (TPSA) is 84.9 Å². The molecule has 2 atom stereocenters. The predicted octanol–water partition coefficient (Wildman–Crippen LogP) is 3.00. The fourth-order valence-corrected chi connectivity index (χ4v) is 5.71. The van der Waals surface area contributed by atoms with Crippen molar-refractivity contribution >= 4 is 27.5 Å². The highest BCUT2D eigenvalue weighted by atomic mass is 28.2. The molecule has 2 amide bonds. The zero-order valence-corrected chi connectivity index (χ0v) is 22.2. The van der Waals surface area contributed by atoms with E-state index in [2.05, 4.69) is 33.0 Å². The van der Waals surface area contributed by atoms with E-state index in [1.54, 1.807) is 18.2 Å². The second kappa shape index (κ2) is 11.8. The van der Waals surface area contributed by atoms with E-state index in [-0.39, 0.29) is 30.1 Å². The van der Waals surface area contributed by atoms with Crippen molar-refractivity contribution in [2.75, 3.05) is 6.61 Å². The maximum Gasteiger partial charge on any atom is 0.330 e. The van der Waals surface area contributed by atoms with Gasteiger partial charge in [-0.2, -0.15) is 0 Å². The highest BCUT2D eigenvalue weighted by Gasteiger charge is 2.48. The molecule has 1 N–H and O–H groups in total. The van der Waals surface area contributed by atoms with Crippen LogP contribution in [0.4, 0.5) is 0 Å². The highest BCUT2D eigenvalue weighted by Crippen LogP contribution is 2.36. The SMILES string of the molecule is CC(C)C(C)(C)[SiH2]N1C(=O)[C@@H](NC(=O)COc2ccccc2)C1C=CC(=O)OCc1ccccc1. The molecule has 3 rings (SSSR count). The van der Waals surface area contributed by atoms with E-state index in [1.165, 1.54) is 6.08 Å². The molecule has 8 heteroatoms. The number of carbonyl (C=O) groups is 3. The summed E-state index contributed by atoms with van der Waals surface area (Å²) in [5.74, 6) is -0.0221. The number of ether oxygens (including phenoxy) is 2. The third-order valence-corrected chi connectivity index (χ3v) is 9.18. The standard InChI is InChI=1S/C27H34N2O5Si/c1-19(2)27(3,4)35-29-22(15-16-24(31)34-17-20-11-7-5-8-12-20)25(26(29)32)28-23(30)18-33-21-13-9-6-10-14-21/h5-16,19,22,25H,17-18,35H2,1-4H3,(H,28,30)/t22?,25-/m0/s1. The first-order chi connectivity index (χ1) is 16.7. The Hall–Kier alpha value is -3.39. The van der Waals surface area contributed by atoms with Gasteiger partial charge in [0.25, 0.3) is 5.91 Å². The van der Waals surface area contributed by atoms with Crippen LogP contribution in [0, 0.1) is 5.92 Å². The molecule has 0 spiro atoms. The summed E-state index contributed by atoms with van der Waals surface area (Å²) < 4.78 is 12.7. The van der Waals surface area contributed by atoms with Crippen molar-refractivity contribution in [3.8, 4) is 5.75 Å². The largest absolute Gasteiger partial charge is 0.484 e. The summed E-state index contributed by atoms with van der Waals surface area (Å²) in [5, 5.41) is 2.78. The van der Waals surface area contributed by atoms with Crippen LogP contribution in [0.25, 0.3) is 0 Å². The van der Waals surface area contributed by atoms with Gasteiger partial charge in [0.1, 0.15) is 28.1 Å². The summed E-state index contributed by atoms with van der Waals surface area (Å²) in [6, 6.07) is 17.3. The van der Waals surface area contributed by atoms with E-state index in [9.17, 15) is 14.4 Å². The van der Waals surface area contributed by atoms with Gasteiger partial charge in [0.2, 0.25) is 5.91 Å². The maximum absolute atomic E-state index is 13.0. The number of β-lactam (4-membered cyclic amide) rings is 1. The van der Waals surface area contributed by atoms with Crippen LogP contribution in [0.1, 0.15) is 33.3 Å². The molecule has 2 aromatic rings. The Balaban J connectivity index is 1.63. The van der Waals surface area contributed by atoms with Crippen molar-refractivity contribution in [2.24, 2.45) is 5.92 Å². The minimum atomic E-state index is -1.01. The number of rotatable bonds is 11. The van der Waals surface area contributed by atoms with Gasteiger partial charge in [-0.1, -0.05) is 82.3 Å². The van der Waals surface area contributed by atoms with Gasteiger partial charge < -0.3 is 19.4 Å². The molecule has 0 radical (unpaired) electrons. The third-order valence-electron chi connectivity index (χ3n) is 6.47. The molecule has 186 valence electrons. The molecule has 0 aliphatic carbocycles. The van der Waals surface area contributed by atoms with Crippen LogP contribution in [0.15, 0.2) is 72.8 Å². The average molecular weight is 495 g/mol. The van der Waals surface area contributed by atoms with Gasteiger partial charge >= 0.3 is 5.97 Å². The quantitative estimate of drug-likeness (QED) is 0.225. The van der Waals surface area contributed by atoms with Crippen molar-refractivity contribution in [1.82, 2.24) is 9.88 Å². The number of benzene rings is 2. The Kier molecular flexibility index (Phi) is 8.87. The third kappa shape index (κ3) is 7.29. The second-order valence-electron chi connectivity index (χ2n) is 9.70. The van der Waals surface area contributed by atoms with Gasteiger partial charge in [0.15, 0.2) is 6.61 Å². The van der Waals surface area contributed by atoms with Crippen LogP contribution in [0.5, 0.6) is 5.75 Å². The molecule has 2 aromatic carbocycles. The first-order valence-corrected chi connectivity index (χ1v) is 13.2. The predicted molar refractivity (Wildman–Crippen MR) is 137 cm³/mol. The fraction of sp³-hybridized carbons (Fsp3) is 0.370. The number of nitrogens with zero attached hydrogens (tertiary/aromatic N) is 1. The van der Waals surface area contributed by atoms with E-state index in [1.807, 2.05) is 53.1 Å². The molecule has 1 saturated heterocycles. The number of hydrogen-bond donors (Lipinski definition) is 1. The van der Waals surface area contributed by atoms with Crippen LogP contribution in [-0.2, 0) is 25.7 Å². The van der Waals surface area contributed by atoms with Gasteiger partial charge in [-0.15, -0.1) is 0 Å². The number of para-hydroxylation sites is 1. The zero-order chi connectivity index (χ0) is 25.4. The van der Waals surface area contributed by atoms with E-state index < -0.39 is 27.7 Å². The summed E-state index contributed by atoms with van der Waals surface area (Å²) in [7, 11) is -1.01. The fourth-order valence-electron chi connectivity index (χ4n) is 3.57. The van der Waals surface area contributed by atoms with Crippen LogP contribution >= 0.6 is 0 Å². The molecule has 0 saturated carbocycles. The van der Waals surface area contributed by atoms with Crippen LogP contribution in [0.2, 0.25) is 5.04 Å². The highest BCUT2D eigenvalue weighted by molar-refractivity contribution is 6.43. The molecule has 35 heavy (non-hydrogen) atoms. The molecule has 7 nitrogen and oxygen atoms in total. The summed E-state index contributed by atoms with van der Waals surface area (Å²) in [5.41, 5.74) is 0.893. The lowest BCUT2D eigenvalue weighted by atomic mass is 9.98. The van der Waals surface area contributed by atoms with Crippen molar-refractivity contribution in [3.05, 3.63) is 78.4 Å². The summed E-state index contributed by atoms with van der Waals surface area (Å²) in [4.78, 5) is 37.8. The molecule has 1 unspecified atom stereocenters. The van der Waals surface area contributed by atoms with Gasteiger partial charge in [-0.3, -0.25) is 9.59 Å². The monoisotopic (exact) mass is 494 g/mol. The van der Waals surface area contributed by atoms with Gasteiger partial charge in [0.05, 0.1) is 6.04 Å². The van der Waals surface area contributed by atoms with Crippen molar-refractivity contribution in [3.63, 3.8) is 0 Å². The van der Waals surface area contributed by atoms with Gasteiger partial charge in [0, 0.05) is 6.08 Å². The molecule has 0 aromatic heterocycles. The molecule has 1 aliphatic rings. The lowest BCUT2D eigenvalue weighted by Gasteiger charge is -2.49. The van der Waals surface area contributed by atoms with Gasteiger partial charge in [-0.05, 0) is 28.7 Å². The number of esters is 1. The lowest BCUT2D eigenvalue weighted by Crippen LogP contribution is -2.72. The molecule has 1 heterocycles. The average Bonchev–Trinajstić information content (AvgIpc) is 2.85. The number of amides is 2. The lowest BCUT2D eigenvalue weighted by molar-refractivity contribution is -0.144. The molecular weight excluding hydrogens is 460 g/mol. The molecule has 1 aliphatic heterocycles. The Bertz CT molecular complexity index is 1040. The second-order valence-corrected chi connectivity index (χ2v) is 12.5. The molecule has 1 fully saturated rings. The minimum absolute atomic E-state index is 0.000960. The molecular formula is C27H34N2O5Si. The van der Waals surface area contributed by atoms with Crippen molar-refractivity contribution in [1.29, 1.82) is 0 Å². The molecule has 0 bridgehead atoms. The minimum Gasteiger partial charge on any atom is -0.484 e. The van der Waals surface area contributed by atoms with Crippen molar-refractivity contribution in [2.45, 2.75) is 51.4 Å². The van der Waals surface area contributed by atoms with Crippen LogP contribution in [0.3, 0.4) is 0 Å². The zero-order valence-electron chi connectivity index (χ0n) is 20.8. The smallest absolute Gasteiger partial charge is 0.330 e. The Morgan fingerprint density at radius 1 is 1.09 bits per heavy atom. The van der Waals surface area contributed by atoms with Crippen LogP contribution < -0.4 is 10.1 Å². The van der Waals surface area contributed by atoms with E-state index in [0.717, 1.165) is 5.56 Å². The number of carbonyl (C=O) groups excluding carboxylic acids is 3. The van der Waals surface area contributed by atoms with Crippen LogP contribution in [-0.4, -0.2) is 50.7 Å². The number of hydrogen-bond acceptors (Lipinski definition) is 5. The Morgan fingerprint density at radius 3 is 2.34 bits per heavy atom. The van der Waals surface area contributed by atoms with E-state index in [0.29, 0.717) is 11.7 Å². The first-order valence-electron chi connectivity index (χ1n) is 11.8. The summed E-state index contributed by atoms with van der Waals surface area (Å²) in [6.45, 7) is 8.57. The Labute approximate surface area is 209 Å². The summed E-state index contributed by atoms with van der Waals surface area (Å²) >= 11 is 0. The van der Waals surface area contributed by atoms with E-state index in [4.69, 9.17) is 9.47 Å². The maximum atomic E-state index is 13.0. The van der Waals surface area contributed by atoms with E-state index >= 15 is 0 Å². The Morgan fingerprint density at radius 2 is 1.71 bits per heavy atom. The normalized spacial score (nSPS) is 18.2. The summed E-state index contributed by atoms with van der Waals surface area (Å²) in [6.07, 6.45) is 3.02. The number of nitrogens with one attached hydrogen (secondary N) is 1. The van der Waals surface area contributed by atoms with Gasteiger partial charge in [-0.25, -0.2) is 4.79 Å². The first kappa shape index (κ1) is 26.2.